The molecule has 4 nitrogen and oxygen atoms in total. The van der Waals surface area contributed by atoms with E-state index in [-0.39, 0.29) is 0 Å². The van der Waals surface area contributed by atoms with Gasteiger partial charge in [-0.05, 0) is 25.5 Å². The standard InChI is InChI=1S/C16H23N3O/c1-4-8-17-11-14-7-5-6-13(2)16(14)20-12-15-18-9-10-19(15)3/h5-7,9-10,17H,4,8,11-12H2,1-3H3. The first-order valence-corrected chi connectivity index (χ1v) is 7.10. The topological polar surface area (TPSA) is 39.1 Å². The molecule has 0 spiro atoms. The van der Waals surface area contributed by atoms with Crippen LogP contribution in [0.4, 0.5) is 0 Å². The molecule has 0 aliphatic heterocycles. The van der Waals surface area contributed by atoms with Crippen molar-refractivity contribution >= 4 is 0 Å². The summed E-state index contributed by atoms with van der Waals surface area (Å²) < 4.78 is 7.98. The molecule has 1 heterocycles. The van der Waals surface area contributed by atoms with E-state index in [1.54, 1.807) is 6.20 Å². The van der Waals surface area contributed by atoms with E-state index in [0.717, 1.165) is 36.6 Å². The number of nitrogens with zero attached hydrogens (tertiary/aromatic N) is 2. The highest BCUT2D eigenvalue weighted by atomic mass is 16.5. The molecule has 0 unspecified atom stereocenters. The molecule has 2 aromatic rings. The van der Waals surface area contributed by atoms with E-state index in [9.17, 15) is 0 Å². The molecule has 1 N–H and O–H groups in total. The predicted molar refractivity (Wildman–Crippen MR) is 80.7 cm³/mol. The molecule has 0 saturated carbocycles. The zero-order chi connectivity index (χ0) is 14.4. The van der Waals surface area contributed by atoms with E-state index < -0.39 is 0 Å². The summed E-state index contributed by atoms with van der Waals surface area (Å²) in [5.74, 6) is 1.90. The van der Waals surface area contributed by atoms with E-state index in [1.807, 2.05) is 17.8 Å². The molecule has 0 aliphatic rings. The number of aryl methyl sites for hydroxylation is 2. The van der Waals surface area contributed by atoms with Crippen LogP contribution >= 0.6 is 0 Å². The Labute approximate surface area is 120 Å². The van der Waals surface area contributed by atoms with Crippen LogP contribution in [0.25, 0.3) is 0 Å². The van der Waals surface area contributed by atoms with Crippen LogP contribution in [-0.2, 0) is 20.2 Å². The Hall–Kier alpha value is -1.81. The lowest BCUT2D eigenvalue weighted by Crippen LogP contribution is -2.15. The average molecular weight is 273 g/mol. The Bertz CT molecular complexity index is 548. The summed E-state index contributed by atoms with van der Waals surface area (Å²) in [6.45, 7) is 6.60. The first kappa shape index (κ1) is 14.6. The van der Waals surface area contributed by atoms with Crippen molar-refractivity contribution in [2.75, 3.05) is 6.54 Å². The number of hydrogen-bond donors (Lipinski definition) is 1. The summed E-state index contributed by atoms with van der Waals surface area (Å²) in [5, 5.41) is 3.42. The van der Waals surface area contributed by atoms with Crippen LogP contribution in [0, 0.1) is 6.92 Å². The molecule has 20 heavy (non-hydrogen) atoms. The van der Waals surface area contributed by atoms with Gasteiger partial charge < -0.3 is 14.6 Å². The zero-order valence-corrected chi connectivity index (χ0v) is 12.5. The zero-order valence-electron chi connectivity index (χ0n) is 12.5. The minimum absolute atomic E-state index is 0.495. The highest BCUT2D eigenvalue weighted by molar-refractivity contribution is 5.40. The second-order valence-corrected chi connectivity index (χ2v) is 4.98. The fourth-order valence-corrected chi connectivity index (χ4v) is 2.13. The van der Waals surface area contributed by atoms with Crippen LogP contribution in [0.1, 0.15) is 30.3 Å². The van der Waals surface area contributed by atoms with Crippen LogP contribution in [0.5, 0.6) is 5.75 Å². The summed E-state index contributed by atoms with van der Waals surface area (Å²) >= 11 is 0. The van der Waals surface area contributed by atoms with Crippen LogP contribution in [0.3, 0.4) is 0 Å². The number of hydrogen-bond acceptors (Lipinski definition) is 3. The normalized spacial score (nSPS) is 10.8. The van der Waals surface area contributed by atoms with Crippen molar-refractivity contribution in [2.24, 2.45) is 7.05 Å². The minimum Gasteiger partial charge on any atom is -0.485 e. The van der Waals surface area contributed by atoms with Gasteiger partial charge in [0.1, 0.15) is 18.2 Å². The Morgan fingerprint density at radius 1 is 1.35 bits per heavy atom. The van der Waals surface area contributed by atoms with Gasteiger partial charge >= 0.3 is 0 Å². The number of ether oxygens (including phenoxy) is 1. The first-order chi connectivity index (χ1) is 9.72. The van der Waals surface area contributed by atoms with Gasteiger partial charge in [0.25, 0.3) is 0 Å². The van der Waals surface area contributed by atoms with Gasteiger partial charge in [0, 0.05) is 31.5 Å². The third kappa shape index (κ3) is 3.61. The number of aromatic nitrogens is 2. The Balaban J connectivity index is 2.07. The van der Waals surface area contributed by atoms with Gasteiger partial charge in [0.2, 0.25) is 0 Å². The molecule has 0 aliphatic carbocycles. The maximum Gasteiger partial charge on any atom is 0.146 e. The maximum absolute atomic E-state index is 6.00. The van der Waals surface area contributed by atoms with Gasteiger partial charge in [-0.15, -0.1) is 0 Å². The van der Waals surface area contributed by atoms with Gasteiger partial charge in [-0.2, -0.15) is 0 Å². The number of rotatable bonds is 7. The van der Waals surface area contributed by atoms with E-state index >= 15 is 0 Å². The van der Waals surface area contributed by atoms with Crippen LogP contribution < -0.4 is 10.1 Å². The lowest BCUT2D eigenvalue weighted by molar-refractivity contribution is 0.286. The van der Waals surface area contributed by atoms with Crippen molar-refractivity contribution in [1.29, 1.82) is 0 Å². The molecular weight excluding hydrogens is 250 g/mol. The number of para-hydroxylation sites is 1. The molecule has 4 heteroatoms. The van der Waals surface area contributed by atoms with Crippen LogP contribution in [-0.4, -0.2) is 16.1 Å². The van der Waals surface area contributed by atoms with Crippen molar-refractivity contribution in [3.63, 3.8) is 0 Å². The van der Waals surface area contributed by atoms with Crippen molar-refractivity contribution in [1.82, 2.24) is 14.9 Å². The van der Waals surface area contributed by atoms with E-state index in [2.05, 4.69) is 42.3 Å². The lowest BCUT2D eigenvalue weighted by Gasteiger charge is -2.14. The van der Waals surface area contributed by atoms with E-state index in [4.69, 9.17) is 4.74 Å². The van der Waals surface area contributed by atoms with Gasteiger partial charge in [-0.25, -0.2) is 4.98 Å². The third-order valence-electron chi connectivity index (χ3n) is 3.30. The fourth-order valence-electron chi connectivity index (χ4n) is 2.13. The molecule has 0 radical (unpaired) electrons. The summed E-state index contributed by atoms with van der Waals surface area (Å²) in [4.78, 5) is 4.29. The van der Waals surface area contributed by atoms with Gasteiger partial charge in [-0.3, -0.25) is 0 Å². The highest BCUT2D eigenvalue weighted by Gasteiger charge is 2.08. The van der Waals surface area contributed by atoms with E-state index in [0.29, 0.717) is 6.61 Å². The van der Waals surface area contributed by atoms with Gasteiger partial charge in [0.05, 0.1) is 0 Å². The molecular formula is C16H23N3O. The molecule has 0 fully saturated rings. The van der Waals surface area contributed by atoms with E-state index in [1.165, 1.54) is 5.56 Å². The highest BCUT2D eigenvalue weighted by Crippen LogP contribution is 2.24. The molecule has 108 valence electrons. The Kier molecular flexibility index (Phi) is 5.18. The SMILES string of the molecule is CCCNCc1cccc(C)c1OCc1nccn1C. The number of imidazole rings is 1. The average Bonchev–Trinajstić information content (AvgIpc) is 2.84. The summed E-state index contributed by atoms with van der Waals surface area (Å²) in [6.07, 6.45) is 4.86. The number of nitrogens with one attached hydrogen (secondary N) is 1. The largest absolute Gasteiger partial charge is 0.485 e. The second-order valence-electron chi connectivity index (χ2n) is 4.98. The molecule has 1 aromatic heterocycles. The minimum atomic E-state index is 0.495. The molecule has 0 amide bonds. The van der Waals surface area contributed by atoms with Gasteiger partial charge in [0.15, 0.2) is 0 Å². The molecule has 0 saturated heterocycles. The number of benzene rings is 1. The predicted octanol–water partition coefficient (Wildman–Crippen LogP) is 2.81. The van der Waals surface area contributed by atoms with Gasteiger partial charge in [-0.1, -0.05) is 25.1 Å². The molecule has 1 aromatic carbocycles. The summed E-state index contributed by atoms with van der Waals surface area (Å²) in [7, 11) is 1.98. The first-order valence-electron chi connectivity index (χ1n) is 7.10. The quantitative estimate of drug-likeness (QED) is 0.788. The lowest BCUT2D eigenvalue weighted by atomic mass is 10.1. The smallest absolute Gasteiger partial charge is 0.146 e. The fraction of sp³-hybridized carbons (Fsp3) is 0.438. The third-order valence-corrected chi connectivity index (χ3v) is 3.30. The molecule has 2 rings (SSSR count). The van der Waals surface area contributed by atoms with Crippen LogP contribution in [0.2, 0.25) is 0 Å². The second kappa shape index (κ2) is 7.10. The summed E-state index contributed by atoms with van der Waals surface area (Å²) in [6, 6.07) is 6.27. The Morgan fingerprint density at radius 2 is 2.20 bits per heavy atom. The van der Waals surface area contributed by atoms with Crippen molar-refractivity contribution in [3.05, 3.63) is 47.5 Å². The molecule has 0 atom stereocenters. The Morgan fingerprint density at radius 3 is 2.90 bits per heavy atom. The summed E-state index contributed by atoms with van der Waals surface area (Å²) in [5.41, 5.74) is 2.36. The van der Waals surface area contributed by atoms with Crippen molar-refractivity contribution < 1.29 is 4.74 Å². The van der Waals surface area contributed by atoms with Crippen molar-refractivity contribution in [2.45, 2.75) is 33.4 Å². The monoisotopic (exact) mass is 273 g/mol. The maximum atomic E-state index is 6.00. The molecule has 0 bridgehead atoms. The van der Waals surface area contributed by atoms with Crippen LogP contribution in [0.15, 0.2) is 30.6 Å². The van der Waals surface area contributed by atoms with Crippen molar-refractivity contribution in [3.8, 4) is 5.75 Å².